The third-order valence-corrected chi connectivity index (χ3v) is 7.32. The van der Waals surface area contributed by atoms with Gasteiger partial charge in [-0.15, -0.1) is 0 Å². The highest BCUT2D eigenvalue weighted by molar-refractivity contribution is 6.43. The van der Waals surface area contributed by atoms with Gasteiger partial charge in [-0.3, -0.25) is 14.8 Å². The Kier molecular flexibility index (Phi) is 9.39. The normalized spacial score (nSPS) is 13.3. The van der Waals surface area contributed by atoms with Gasteiger partial charge in [0.1, 0.15) is 15.9 Å². The van der Waals surface area contributed by atoms with Gasteiger partial charge in [-0.1, -0.05) is 46.9 Å². The summed E-state index contributed by atoms with van der Waals surface area (Å²) in [6.07, 6.45) is -0.123. The van der Waals surface area contributed by atoms with E-state index in [0.717, 1.165) is 5.69 Å². The Labute approximate surface area is 229 Å². The molecule has 200 valence electrons. The summed E-state index contributed by atoms with van der Waals surface area (Å²) in [5.41, 5.74) is -0.380. The standard InChI is InChI=1S/C25H28Cl3F2N5O2/c1-13(2)35(12-15-6-5-7-16(26)21(15)29)9-8-25(4,24(36)37)11-17-22(30)19(27)20(28)23(31-17)32-18-10-14(3)33-34-18/h5-7,10,13H,8-9,11-12H2,1-4H3,(H,36,37)(H2,31,32,33,34)/t25-/m0/s1. The van der Waals surface area contributed by atoms with Crippen LogP contribution in [0.5, 0.6) is 0 Å². The third kappa shape index (κ3) is 6.90. The van der Waals surface area contributed by atoms with E-state index in [4.69, 9.17) is 34.8 Å². The van der Waals surface area contributed by atoms with E-state index in [1.165, 1.54) is 13.0 Å². The molecule has 2 aromatic heterocycles. The Hall–Kier alpha value is -2.46. The van der Waals surface area contributed by atoms with Crippen molar-refractivity contribution in [2.75, 3.05) is 11.9 Å². The minimum Gasteiger partial charge on any atom is -0.481 e. The molecule has 3 rings (SSSR count). The number of carboxylic acid groups (broad SMARTS) is 1. The van der Waals surface area contributed by atoms with E-state index in [1.54, 1.807) is 25.1 Å². The van der Waals surface area contributed by atoms with Crippen LogP contribution in [0.15, 0.2) is 24.3 Å². The first-order chi connectivity index (χ1) is 17.3. The summed E-state index contributed by atoms with van der Waals surface area (Å²) >= 11 is 18.3. The number of hydrogen-bond donors (Lipinski definition) is 3. The van der Waals surface area contributed by atoms with Gasteiger partial charge in [0.25, 0.3) is 0 Å². The maximum atomic E-state index is 15.1. The number of H-pyrrole nitrogens is 1. The minimum absolute atomic E-state index is 0.0205. The lowest BCUT2D eigenvalue weighted by Crippen LogP contribution is -2.38. The number of aryl methyl sites for hydroxylation is 1. The molecule has 0 unspecified atom stereocenters. The van der Waals surface area contributed by atoms with Gasteiger partial charge in [-0.2, -0.15) is 5.10 Å². The molecule has 0 aliphatic heterocycles. The van der Waals surface area contributed by atoms with Crippen LogP contribution in [-0.4, -0.2) is 43.7 Å². The maximum absolute atomic E-state index is 15.1. The molecule has 0 aliphatic carbocycles. The van der Waals surface area contributed by atoms with E-state index in [2.05, 4.69) is 20.5 Å². The topological polar surface area (TPSA) is 94.1 Å². The molecule has 3 aromatic rings. The van der Waals surface area contributed by atoms with Crippen molar-refractivity contribution in [2.24, 2.45) is 5.41 Å². The van der Waals surface area contributed by atoms with Gasteiger partial charge in [0.05, 0.1) is 16.1 Å². The van der Waals surface area contributed by atoms with Gasteiger partial charge in [-0.05, 0) is 46.7 Å². The average molecular weight is 575 g/mol. The predicted molar refractivity (Wildman–Crippen MR) is 142 cm³/mol. The molecule has 0 fully saturated rings. The van der Waals surface area contributed by atoms with E-state index in [9.17, 15) is 14.3 Å². The van der Waals surface area contributed by atoms with Crippen LogP contribution < -0.4 is 5.32 Å². The number of benzene rings is 1. The highest BCUT2D eigenvalue weighted by Gasteiger charge is 2.36. The second-order valence-corrected chi connectivity index (χ2v) is 10.6. The first kappa shape index (κ1) is 29.1. The predicted octanol–water partition coefficient (Wildman–Crippen LogP) is 7.03. The summed E-state index contributed by atoms with van der Waals surface area (Å²) < 4.78 is 29.6. The Morgan fingerprint density at radius 3 is 2.51 bits per heavy atom. The zero-order valence-electron chi connectivity index (χ0n) is 20.8. The first-order valence-electron chi connectivity index (χ1n) is 11.5. The first-order valence-corrected chi connectivity index (χ1v) is 12.7. The van der Waals surface area contributed by atoms with Gasteiger partial charge < -0.3 is 10.4 Å². The lowest BCUT2D eigenvalue weighted by Gasteiger charge is -2.32. The molecule has 7 nitrogen and oxygen atoms in total. The zero-order chi connectivity index (χ0) is 27.5. The number of pyridine rings is 1. The smallest absolute Gasteiger partial charge is 0.309 e. The van der Waals surface area contributed by atoms with Gasteiger partial charge in [0.15, 0.2) is 17.5 Å². The number of aromatic nitrogens is 3. The molecule has 0 aliphatic rings. The van der Waals surface area contributed by atoms with Crippen molar-refractivity contribution in [3.05, 3.63) is 67.9 Å². The van der Waals surface area contributed by atoms with Gasteiger partial charge >= 0.3 is 5.97 Å². The van der Waals surface area contributed by atoms with Crippen molar-refractivity contribution >= 4 is 52.4 Å². The molecule has 0 spiro atoms. The number of nitrogens with zero attached hydrogens (tertiary/aromatic N) is 3. The molecular formula is C25H28Cl3F2N5O2. The Morgan fingerprint density at radius 1 is 1.22 bits per heavy atom. The van der Waals surface area contributed by atoms with Crippen molar-refractivity contribution in [2.45, 2.75) is 53.1 Å². The molecule has 3 N–H and O–H groups in total. The molecule has 1 atom stereocenters. The Morgan fingerprint density at radius 2 is 1.92 bits per heavy atom. The number of halogens is 5. The molecule has 0 saturated carbocycles. The summed E-state index contributed by atoms with van der Waals surface area (Å²) in [4.78, 5) is 18.6. The maximum Gasteiger partial charge on any atom is 0.309 e. The number of hydrogen-bond acceptors (Lipinski definition) is 5. The van der Waals surface area contributed by atoms with Gasteiger partial charge in [0.2, 0.25) is 0 Å². The number of aliphatic carboxylic acids is 1. The fraction of sp³-hybridized carbons (Fsp3) is 0.400. The van der Waals surface area contributed by atoms with Crippen LogP contribution in [-0.2, 0) is 17.8 Å². The second kappa shape index (κ2) is 11.9. The fourth-order valence-corrected chi connectivity index (χ4v) is 4.37. The van der Waals surface area contributed by atoms with E-state index in [1.807, 2.05) is 18.7 Å². The minimum atomic E-state index is -1.41. The van der Waals surface area contributed by atoms with Crippen LogP contribution >= 0.6 is 34.8 Å². The molecule has 37 heavy (non-hydrogen) atoms. The lowest BCUT2D eigenvalue weighted by molar-refractivity contribution is -0.148. The summed E-state index contributed by atoms with van der Waals surface area (Å²) in [6.45, 7) is 7.70. The number of aromatic amines is 1. The molecule has 0 radical (unpaired) electrons. The number of nitrogens with one attached hydrogen (secondary N) is 2. The van der Waals surface area contributed by atoms with E-state index in [0.29, 0.717) is 17.9 Å². The van der Waals surface area contributed by atoms with Crippen LogP contribution in [0, 0.1) is 24.0 Å². The van der Waals surface area contributed by atoms with Crippen LogP contribution in [0.25, 0.3) is 0 Å². The van der Waals surface area contributed by atoms with E-state index >= 15 is 4.39 Å². The molecule has 1 aromatic carbocycles. The molecule has 0 saturated heterocycles. The molecular weight excluding hydrogens is 547 g/mol. The van der Waals surface area contributed by atoms with E-state index in [-0.39, 0.29) is 52.0 Å². The largest absolute Gasteiger partial charge is 0.481 e. The molecule has 0 bridgehead atoms. The van der Waals surface area contributed by atoms with Crippen LogP contribution in [0.1, 0.15) is 44.1 Å². The average Bonchev–Trinajstić information content (AvgIpc) is 3.25. The summed E-state index contributed by atoms with van der Waals surface area (Å²) in [5, 5.41) is 19.3. The Balaban J connectivity index is 1.85. The SMILES string of the molecule is Cc1cc(Nc2nc(C[C@](C)(CCN(Cc3cccc(Cl)c3F)C(C)C)C(=O)O)c(F)c(Cl)c2Cl)n[nH]1. The number of rotatable bonds is 11. The second-order valence-electron chi connectivity index (χ2n) is 9.48. The van der Waals surface area contributed by atoms with E-state index < -0.39 is 23.0 Å². The quantitative estimate of drug-likeness (QED) is 0.228. The van der Waals surface area contributed by atoms with Gasteiger partial charge in [0, 0.05) is 36.3 Å². The number of carbonyl (C=O) groups is 1. The van der Waals surface area contributed by atoms with Crippen molar-refractivity contribution in [3.8, 4) is 0 Å². The van der Waals surface area contributed by atoms with Gasteiger partial charge in [-0.25, -0.2) is 13.8 Å². The van der Waals surface area contributed by atoms with Crippen molar-refractivity contribution in [1.82, 2.24) is 20.1 Å². The zero-order valence-corrected chi connectivity index (χ0v) is 23.1. The van der Waals surface area contributed by atoms with Crippen molar-refractivity contribution in [3.63, 3.8) is 0 Å². The highest BCUT2D eigenvalue weighted by Crippen LogP contribution is 2.37. The number of anilines is 2. The highest BCUT2D eigenvalue weighted by atomic mass is 35.5. The monoisotopic (exact) mass is 573 g/mol. The fourth-order valence-electron chi connectivity index (χ4n) is 3.80. The Bertz CT molecular complexity index is 1290. The van der Waals surface area contributed by atoms with Crippen LogP contribution in [0.2, 0.25) is 15.1 Å². The summed E-state index contributed by atoms with van der Waals surface area (Å²) in [7, 11) is 0. The molecule has 0 amide bonds. The van der Waals surface area contributed by atoms with Crippen molar-refractivity contribution < 1.29 is 18.7 Å². The summed E-state index contributed by atoms with van der Waals surface area (Å²) in [5.74, 6) is -2.07. The molecule has 12 heteroatoms. The molecule has 2 heterocycles. The van der Waals surface area contributed by atoms with Crippen LogP contribution in [0.4, 0.5) is 20.4 Å². The van der Waals surface area contributed by atoms with Crippen LogP contribution in [0.3, 0.4) is 0 Å². The lowest BCUT2D eigenvalue weighted by atomic mass is 9.81. The number of carboxylic acids is 1. The van der Waals surface area contributed by atoms with Crippen molar-refractivity contribution in [1.29, 1.82) is 0 Å². The summed E-state index contributed by atoms with van der Waals surface area (Å²) in [6, 6.07) is 6.44. The third-order valence-electron chi connectivity index (χ3n) is 6.21.